The standard InChI is InChI=1S/C17H19N3O2S/c1-12-11-23-17(22)20(12)9-7-15(21)19(2)10-14-5-3-4-13-6-8-18-16(13)14/h3-6,8,11,18H,7,9-10H2,1-2H3. The van der Waals surface area contributed by atoms with Crippen LogP contribution in [0, 0.1) is 6.92 Å². The van der Waals surface area contributed by atoms with Crippen LogP contribution < -0.4 is 4.87 Å². The summed E-state index contributed by atoms with van der Waals surface area (Å²) in [5.74, 6) is 0.0334. The van der Waals surface area contributed by atoms with Gasteiger partial charge in [0, 0.05) is 43.8 Å². The Kier molecular flexibility index (Phi) is 4.34. The van der Waals surface area contributed by atoms with Crippen LogP contribution >= 0.6 is 11.3 Å². The summed E-state index contributed by atoms with van der Waals surface area (Å²) in [4.78, 5) is 29.0. The van der Waals surface area contributed by atoms with Gasteiger partial charge in [0.2, 0.25) is 5.91 Å². The van der Waals surface area contributed by atoms with Gasteiger partial charge in [0.1, 0.15) is 0 Å². The van der Waals surface area contributed by atoms with Crippen LogP contribution in [0.2, 0.25) is 0 Å². The van der Waals surface area contributed by atoms with E-state index in [1.807, 2.05) is 42.8 Å². The second kappa shape index (κ2) is 6.42. The van der Waals surface area contributed by atoms with E-state index in [2.05, 4.69) is 4.98 Å². The highest BCUT2D eigenvalue weighted by molar-refractivity contribution is 7.07. The monoisotopic (exact) mass is 329 g/mol. The Morgan fingerprint density at radius 1 is 1.35 bits per heavy atom. The van der Waals surface area contributed by atoms with Gasteiger partial charge in [0.05, 0.1) is 5.52 Å². The third-order valence-corrected chi connectivity index (χ3v) is 4.91. The van der Waals surface area contributed by atoms with Crippen molar-refractivity contribution in [2.24, 2.45) is 0 Å². The largest absolute Gasteiger partial charge is 0.361 e. The van der Waals surface area contributed by atoms with Crippen LogP contribution in [-0.2, 0) is 17.9 Å². The van der Waals surface area contributed by atoms with Crippen LogP contribution in [-0.4, -0.2) is 27.4 Å². The molecule has 0 aliphatic rings. The predicted molar refractivity (Wildman–Crippen MR) is 92.7 cm³/mol. The van der Waals surface area contributed by atoms with E-state index in [9.17, 15) is 9.59 Å². The Bertz CT molecular complexity index is 891. The van der Waals surface area contributed by atoms with Crippen molar-refractivity contribution in [3.8, 4) is 0 Å². The number of aromatic amines is 1. The molecule has 0 aliphatic heterocycles. The van der Waals surface area contributed by atoms with Crippen molar-refractivity contribution in [1.29, 1.82) is 0 Å². The first-order chi connectivity index (χ1) is 11.1. The molecule has 0 unspecified atom stereocenters. The zero-order valence-corrected chi connectivity index (χ0v) is 14.0. The molecule has 0 bridgehead atoms. The summed E-state index contributed by atoms with van der Waals surface area (Å²) in [6, 6.07) is 8.09. The van der Waals surface area contributed by atoms with Crippen molar-refractivity contribution in [2.45, 2.75) is 26.4 Å². The number of para-hydroxylation sites is 1. The number of thiazole rings is 1. The van der Waals surface area contributed by atoms with E-state index in [1.165, 1.54) is 11.3 Å². The summed E-state index contributed by atoms with van der Waals surface area (Å²) in [5.41, 5.74) is 3.07. The Labute approximate surface area is 138 Å². The number of nitrogens with zero attached hydrogens (tertiary/aromatic N) is 2. The molecular weight excluding hydrogens is 310 g/mol. The van der Waals surface area contributed by atoms with Crippen molar-refractivity contribution < 1.29 is 4.79 Å². The van der Waals surface area contributed by atoms with E-state index >= 15 is 0 Å². The first kappa shape index (κ1) is 15.6. The summed E-state index contributed by atoms with van der Waals surface area (Å²) in [6.07, 6.45) is 2.23. The number of aryl methyl sites for hydroxylation is 1. The summed E-state index contributed by atoms with van der Waals surface area (Å²) in [6.45, 7) is 2.87. The van der Waals surface area contributed by atoms with Crippen molar-refractivity contribution in [3.05, 3.63) is 56.8 Å². The van der Waals surface area contributed by atoms with Crippen LogP contribution in [0.5, 0.6) is 0 Å². The molecule has 120 valence electrons. The van der Waals surface area contributed by atoms with Gasteiger partial charge in [-0.1, -0.05) is 29.5 Å². The number of amides is 1. The maximum absolute atomic E-state index is 12.3. The quantitative estimate of drug-likeness (QED) is 0.782. The fraction of sp³-hybridized carbons (Fsp3) is 0.294. The van der Waals surface area contributed by atoms with Crippen molar-refractivity contribution in [1.82, 2.24) is 14.5 Å². The molecular formula is C17H19N3O2S. The van der Waals surface area contributed by atoms with Gasteiger partial charge in [0.15, 0.2) is 0 Å². The lowest BCUT2D eigenvalue weighted by molar-refractivity contribution is -0.130. The maximum atomic E-state index is 12.3. The molecule has 6 heteroatoms. The number of carbonyl (C=O) groups excluding carboxylic acids is 1. The summed E-state index contributed by atoms with van der Waals surface area (Å²) in [7, 11) is 1.80. The number of carbonyl (C=O) groups is 1. The van der Waals surface area contributed by atoms with Gasteiger partial charge in [-0.2, -0.15) is 0 Å². The number of fused-ring (bicyclic) bond motifs is 1. The molecule has 1 N–H and O–H groups in total. The molecule has 2 aromatic heterocycles. The molecule has 0 fully saturated rings. The van der Waals surface area contributed by atoms with Crippen molar-refractivity contribution in [2.75, 3.05) is 7.05 Å². The van der Waals surface area contributed by atoms with Gasteiger partial charge >= 0.3 is 4.87 Å². The fourth-order valence-corrected chi connectivity index (χ4v) is 3.46. The maximum Gasteiger partial charge on any atom is 0.307 e. The Balaban J connectivity index is 1.66. The smallest absolute Gasteiger partial charge is 0.307 e. The highest BCUT2D eigenvalue weighted by atomic mass is 32.1. The molecule has 0 saturated heterocycles. The minimum absolute atomic E-state index is 0.00546. The van der Waals surface area contributed by atoms with Gasteiger partial charge in [-0.05, 0) is 23.9 Å². The van der Waals surface area contributed by atoms with Gasteiger partial charge in [0.25, 0.3) is 0 Å². The van der Waals surface area contributed by atoms with Crippen molar-refractivity contribution >= 4 is 28.1 Å². The van der Waals surface area contributed by atoms with E-state index in [-0.39, 0.29) is 10.8 Å². The zero-order chi connectivity index (χ0) is 16.4. The predicted octanol–water partition coefficient (Wildman–Crippen LogP) is 2.75. The van der Waals surface area contributed by atoms with E-state index in [1.54, 1.807) is 16.5 Å². The second-order valence-corrected chi connectivity index (χ2v) is 6.47. The fourth-order valence-electron chi connectivity index (χ4n) is 2.70. The second-order valence-electron chi connectivity index (χ2n) is 5.65. The lowest BCUT2D eigenvalue weighted by atomic mass is 10.1. The molecule has 23 heavy (non-hydrogen) atoms. The van der Waals surface area contributed by atoms with Gasteiger partial charge in [-0.3, -0.25) is 9.59 Å². The molecule has 1 amide bonds. The zero-order valence-electron chi connectivity index (χ0n) is 13.2. The minimum atomic E-state index is -0.00546. The van der Waals surface area contributed by atoms with E-state index in [0.29, 0.717) is 19.5 Å². The molecule has 3 rings (SSSR count). The van der Waals surface area contributed by atoms with Crippen LogP contribution in [0.4, 0.5) is 0 Å². The SMILES string of the molecule is Cc1csc(=O)n1CCC(=O)N(C)Cc1cccc2cc[nH]c12. The lowest BCUT2D eigenvalue weighted by Crippen LogP contribution is -2.28. The summed E-state index contributed by atoms with van der Waals surface area (Å²) < 4.78 is 1.65. The molecule has 0 atom stereocenters. The highest BCUT2D eigenvalue weighted by Crippen LogP contribution is 2.18. The molecule has 5 nitrogen and oxygen atoms in total. The van der Waals surface area contributed by atoms with Crippen molar-refractivity contribution in [3.63, 3.8) is 0 Å². The number of hydrogen-bond donors (Lipinski definition) is 1. The molecule has 1 aromatic carbocycles. The molecule has 0 spiro atoms. The lowest BCUT2D eigenvalue weighted by Gasteiger charge is -2.18. The third-order valence-electron chi connectivity index (χ3n) is 4.03. The van der Waals surface area contributed by atoms with Crippen LogP contribution in [0.25, 0.3) is 10.9 Å². The van der Waals surface area contributed by atoms with Crippen LogP contribution in [0.3, 0.4) is 0 Å². The Hall–Kier alpha value is -2.34. The molecule has 0 aliphatic carbocycles. The average Bonchev–Trinajstić information content (AvgIpc) is 3.13. The summed E-state index contributed by atoms with van der Waals surface area (Å²) in [5, 5.41) is 2.96. The average molecular weight is 329 g/mol. The topological polar surface area (TPSA) is 58.1 Å². The Morgan fingerprint density at radius 2 is 2.17 bits per heavy atom. The normalized spacial score (nSPS) is 11.0. The van der Waals surface area contributed by atoms with E-state index in [0.717, 1.165) is 22.2 Å². The molecule has 0 saturated carbocycles. The number of benzene rings is 1. The number of aromatic nitrogens is 2. The number of rotatable bonds is 5. The first-order valence-electron chi connectivity index (χ1n) is 7.50. The highest BCUT2D eigenvalue weighted by Gasteiger charge is 2.13. The Morgan fingerprint density at radius 3 is 2.91 bits per heavy atom. The molecule has 0 radical (unpaired) electrons. The van der Waals surface area contributed by atoms with Gasteiger partial charge in [-0.15, -0.1) is 0 Å². The number of hydrogen-bond acceptors (Lipinski definition) is 3. The third kappa shape index (κ3) is 3.22. The van der Waals surface area contributed by atoms with Gasteiger partial charge in [-0.25, -0.2) is 0 Å². The van der Waals surface area contributed by atoms with Crippen LogP contribution in [0.1, 0.15) is 17.7 Å². The molecule has 3 aromatic rings. The summed E-state index contributed by atoms with van der Waals surface area (Å²) >= 11 is 1.17. The first-order valence-corrected chi connectivity index (χ1v) is 8.38. The molecule has 2 heterocycles. The minimum Gasteiger partial charge on any atom is -0.361 e. The van der Waals surface area contributed by atoms with E-state index in [4.69, 9.17) is 0 Å². The number of nitrogens with one attached hydrogen (secondary N) is 1. The van der Waals surface area contributed by atoms with Crippen LogP contribution in [0.15, 0.2) is 40.6 Å². The van der Waals surface area contributed by atoms with Gasteiger partial charge < -0.3 is 14.5 Å². The number of H-pyrrole nitrogens is 1. The van der Waals surface area contributed by atoms with E-state index < -0.39 is 0 Å².